The first-order valence-electron chi connectivity index (χ1n) is 5.39. The molecule has 1 heterocycles. The van der Waals surface area contributed by atoms with Gasteiger partial charge in [0.05, 0.1) is 8.81 Å². The lowest BCUT2D eigenvalue weighted by molar-refractivity contribution is 0.481. The molecule has 18 heavy (non-hydrogen) atoms. The molecule has 0 radical (unpaired) electrons. The fraction of sp³-hybridized carbons (Fsp3) is 0.600. The van der Waals surface area contributed by atoms with Gasteiger partial charge in [0.25, 0.3) is 0 Å². The van der Waals surface area contributed by atoms with Crippen molar-refractivity contribution in [3.05, 3.63) is 14.9 Å². The summed E-state index contributed by atoms with van der Waals surface area (Å²) in [6, 6.07) is 1.47. The van der Waals surface area contributed by atoms with E-state index in [1.165, 1.54) is 6.07 Å². The van der Waals surface area contributed by atoms with Crippen molar-refractivity contribution >= 4 is 64.8 Å². The van der Waals surface area contributed by atoms with Gasteiger partial charge in [0.1, 0.15) is 4.21 Å². The minimum absolute atomic E-state index is 0.162. The second-order valence-corrected chi connectivity index (χ2v) is 10.0. The Morgan fingerprint density at radius 2 is 2.17 bits per heavy atom. The number of hydrogen-bond donors (Lipinski definition) is 1. The van der Waals surface area contributed by atoms with Gasteiger partial charge < -0.3 is 0 Å². The summed E-state index contributed by atoms with van der Waals surface area (Å²) in [6.07, 6.45) is 3.19. The molecule has 1 fully saturated rings. The van der Waals surface area contributed by atoms with Crippen LogP contribution in [0.1, 0.15) is 19.3 Å². The van der Waals surface area contributed by atoms with Crippen LogP contribution < -0.4 is 4.72 Å². The highest BCUT2D eigenvalue weighted by Crippen LogP contribution is 2.48. The second-order valence-electron chi connectivity index (χ2n) is 4.45. The van der Waals surface area contributed by atoms with Crippen molar-refractivity contribution in [1.29, 1.82) is 0 Å². The molecule has 0 saturated heterocycles. The number of alkyl halides is 1. The number of nitrogens with one attached hydrogen (secondary N) is 1. The topological polar surface area (TPSA) is 46.2 Å². The van der Waals surface area contributed by atoms with Crippen molar-refractivity contribution in [2.75, 3.05) is 11.9 Å². The van der Waals surface area contributed by atoms with Crippen molar-refractivity contribution in [3.63, 3.8) is 0 Å². The molecule has 0 unspecified atom stereocenters. The zero-order chi connectivity index (χ0) is 13.4. The molecule has 1 aliphatic carbocycles. The largest absolute Gasteiger partial charge is 0.250 e. The molecule has 1 N–H and O–H groups in total. The number of halogens is 3. The van der Waals surface area contributed by atoms with Crippen LogP contribution in [0.2, 0.25) is 5.02 Å². The van der Waals surface area contributed by atoms with Gasteiger partial charge in [-0.2, -0.15) is 0 Å². The summed E-state index contributed by atoms with van der Waals surface area (Å²) in [7, 11) is -3.43. The Kier molecular flexibility index (Phi) is 4.82. The van der Waals surface area contributed by atoms with E-state index in [2.05, 4.69) is 36.6 Å². The molecule has 1 aliphatic rings. The Labute approximate surface area is 133 Å². The van der Waals surface area contributed by atoms with Crippen molar-refractivity contribution in [3.8, 4) is 0 Å². The molecule has 0 spiro atoms. The van der Waals surface area contributed by atoms with Crippen molar-refractivity contribution in [2.45, 2.75) is 23.5 Å². The summed E-state index contributed by atoms with van der Waals surface area (Å²) in [5, 5.41) is 1.34. The van der Waals surface area contributed by atoms with Crippen LogP contribution in [0.5, 0.6) is 0 Å². The normalized spacial score (nSPS) is 17.9. The van der Waals surface area contributed by atoms with Gasteiger partial charge in [-0.25, -0.2) is 13.1 Å². The first kappa shape index (κ1) is 15.3. The maximum atomic E-state index is 12.1. The van der Waals surface area contributed by atoms with Gasteiger partial charge in [-0.3, -0.25) is 0 Å². The van der Waals surface area contributed by atoms with Gasteiger partial charge in [0.15, 0.2) is 0 Å². The van der Waals surface area contributed by atoms with Crippen LogP contribution in [0, 0.1) is 5.41 Å². The summed E-state index contributed by atoms with van der Waals surface area (Å²) in [6.45, 7) is 0.508. The van der Waals surface area contributed by atoms with Crippen LogP contribution in [0.3, 0.4) is 0 Å². The Hall–Kier alpha value is 0.860. The molecular weight excluding hydrogens is 426 g/mol. The first-order chi connectivity index (χ1) is 8.38. The van der Waals surface area contributed by atoms with E-state index >= 15 is 0 Å². The number of rotatable bonds is 6. The number of thiophene rings is 1. The van der Waals surface area contributed by atoms with E-state index in [1.54, 1.807) is 0 Å². The van der Waals surface area contributed by atoms with E-state index in [4.69, 9.17) is 11.6 Å². The highest BCUT2D eigenvalue weighted by molar-refractivity contribution is 9.11. The quantitative estimate of drug-likeness (QED) is 0.684. The molecule has 102 valence electrons. The van der Waals surface area contributed by atoms with E-state index in [9.17, 15) is 8.42 Å². The van der Waals surface area contributed by atoms with Crippen molar-refractivity contribution < 1.29 is 8.42 Å². The lowest BCUT2D eigenvalue weighted by Gasteiger charge is -2.13. The van der Waals surface area contributed by atoms with Gasteiger partial charge in [-0.05, 0) is 46.7 Å². The molecule has 1 saturated carbocycles. The van der Waals surface area contributed by atoms with Gasteiger partial charge in [-0.1, -0.05) is 27.5 Å². The zero-order valence-electron chi connectivity index (χ0n) is 9.38. The monoisotopic (exact) mass is 435 g/mol. The third-order valence-corrected chi connectivity index (χ3v) is 7.85. The fourth-order valence-corrected chi connectivity index (χ4v) is 6.11. The summed E-state index contributed by atoms with van der Waals surface area (Å²) in [4.78, 5) is 0. The SMILES string of the molecule is O=S(=O)(NCC1(CCBr)CC1)c1cc(Cl)c(Br)s1. The van der Waals surface area contributed by atoms with E-state index < -0.39 is 10.0 Å². The van der Waals surface area contributed by atoms with Crippen LogP contribution in [0.15, 0.2) is 14.1 Å². The minimum atomic E-state index is -3.43. The molecule has 1 aromatic heterocycles. The average molecular weight is 438 g/mol. The van der Waals surface area contributed by atoms with Crippen molar-refractivity contribution in [2.24, 2.45) is 5.41 Å². The smallest absolute Gasteiger partial charge is 0.210 e. The van der Waals surface area contributed by atoms with Gasteiger partial charge >= 0.3 is 0 Å². The van der Waals surface area contributed by atoms with Crippen LogP contribution in [-0.4, -0.2) is 20.3 Å². The highest BCUT2D eigenvalue weighted by atomic mass is 79.9. The maximum absolute atomic E-state index is 12.1. The zero-order valence-corrected chi connectivity index (χ0v) is 14.9. The molecule has 0 aromatic carbocycles. The van der Waals surface area contributed by atoms with E-state index in [-0.39, 0.29) is 9.62 Å². The Morgan fingerprint density at radius 1 is 1.50 bits per heavy atom. The molecule has 2 rings (SSSR count). The molecule has 0 bridgehead atoms. The van der Waals surface area contributed by atoms with Gasteiger partial charge in [0, 0.05) is 11.9 Å². The third-order valence-electron chi connectivity index (χ3n) is 3.11. The highest BCUT2D eigenvalue weighted by Gasteiger charge is 2.42. The predicted molar refractivity (Wildman–Crippen MR) is 82.3 cm³/mol. The predicted octanol–water partition coefficient (Wildman–Crippen LogP) is 4.01. The molecule has 8 heteroatoms. The number of sulfonamides is 1. The van der Waals surface area contributed by atoms with E-state index in [0.717, 1.165) is 35.9 Å². The molecule has 3 nitrogen and oxygen atoms in total. The van der Waals surface area contributed by atoms with Crippen LogP contribution in [0.25, 0.3) is 0 Å². The van der Waals surface area contributed by atoms with E-state index in [0.29, 0.717) is 15.4 Å². The molecule has 0 atom stereocenters. The first-order valence-corrected chi connectivity index (χ1v) is 9.98. The van der Waals surface area contributed by atoms with Crippen molar-refractivity contribution in [1.82, 2.24) is 4.72 Å². The lowest BCUT2D eigenvalue weighted by atomic mass is 10.1. The molecular formula is C10H12Br2ClNO2S2. The Balaban J connectivity index is 2.04. The summed E-state index contributed by atoms with van der Waals surface area (Å²) < 4.78 is 27.8. The minimum Gasteiger partial charge on any atom is -0.210 e. The number of hydrogen-bond acceptors (Lipinski definition) is 3. The fourth-order valence-electron chi connectivity index (χ4n) is 1.67. The molecule has 0 amide bonds. The molecule has 0 aliphatic heterocycles. The summed E-state index contributed by atoms with van der Waals surface area (Å²) >= 11 is 13.6. The summed E-state index contributed by atoms with van der Waals surface area (Å²) in [5.41, 5.74) is 0.162. The van der Waals surface area contributed by atoms with Crippen LogP contribution in [-0.2, 0) is 10.0 Å². The van der Waals surface area contributed by atoms with Crippen LogP contribution in [0.4, 0.5) is 0 Å². The maximum Gasteiger partial charge on any atom is 0.250 e. The third kappa shape index (κ3) is 3.49. The Morgan fingerprint density at radius 3 is 2.61 bits per heavy atom. The molecule has 1 aromatic rings. The van der Waals surface area contributed by atoms with Gasteiger partial charge in [-0.15, -0.1) is 11.3 Å². The van der Waals surface area contributed by atoms with Crippen LogP contribution >= 0.6 is 54.8 Å². The van der Waals surface area contributed by atoms with Gasteiger partial charge in [0.2, 0.25) is 10.0 Å². The Bertz CT molecular complexity index is 521. The van der Waals surface area contributed by atoms with E-state index in [1.807, 2.05) is 0 Å². The average Bonchev–Trinajstić information content (AvgIpc) is 2.98. The second kappa shape index (κ2) is 5.69. The standard InChI is InChI=1S/C10H12Br2ClNO2S2/c11-4-3-10(1-2-10)6-14-18(15,16)8-5-7(13)9(12)17-8/h5,14H,1-4,6H2. The lowest BCUT2D eigenvalue weighted by Crippen LogP contribution is -2.30. The summed E-state index contributed by atoms with van der Waals surface area (Å²) in [5.74, 6) is 0.